The van der Waals surface area contributed by atoms with Crippen molar-refractivity contribution in [2.45, 2.75) is 117 Å². The van der Waals surface area contributed by atoms with Crippen LogP contribution < -0.4 is 21.3 Å². The number of ether oxygens (including phenoxy) is 3. The van der Waals surface area contributed by atoms with Crippen molar-refractivity contribution >= 4 is 56.5 Å². The summed E-state index contributed by atoms with van der Waals surface area (Å²) in [5.41, 5.74) is 0.117. The molecule has 4 amide bonds. The van der Waals surface area contributed by atoms with Crippen LogP contribution in [-0.2, 0) is 61.7 Å². The molecule has 1 unspecified atom stereocenters. The Hall–Kier alpha value is -5.71. The molecule has 0 aliphatic rings. The Balaban J connectivity index is 1.97. The maximum Gasteiger partial charge on any atom is 0.408 e. The van der Waals surface area contributed by atoms with Crippen molar-refractivity contribution in [3.05, 3.63) is 83.4 Å². The number of fused-ring (bicyclic) bond motifs is 1. The molecule has 60 heavy (non-hydrogen) atoms. The molecule has 4 atom stereocenters. The van der Waals surface area contributed by atoms with Crippen LogP contribution >= 0.6 is 0 Å². The third-order valence-electron chi connectivity index (χ3n) is 8.61. The minimum absolute atomic E-state index is 0.102. The maximum atomic E-state index is 14.5. The summed E-state index contributed by atoms with van der Waals surface area (Å²) in [6, 6.07) is 10.8. The number of hydrogen-bond donors (Lipinski definition) is 4. The summed E-state index contributed by atoms with van der Waals surface area (Å²) in [6.07, 6.45) is 1.93. The van der Waals surface area contributed by atoms with Crippen LogP contribution in [0, 0.1) is 5.92 Å². The Morgan fingerprint density at radius 2 is 1.37 bits per heavy atom. The van der Waals surface area contributed by atoms with E-state index in [2.05, 4.69) is 21.3 Å². The van der Waals surface area contributed by atoms with Gasteiger partial charge in [-0.3, -0.25) is 24.0 Å². The van der Waals surface area contributed by atoms with Gasteiger partial charge >= 0.3 is 18.0 Å². The zero-order valence-electron chi connectivity index (χ0n) is 36.0. The van der Waals surface area contributed by atoms with Crippen molar-refractivity contribution in [2.75, 3.05) is 6.26 Å². The van der Waals surface area contributed by atoms with E-state index >= 15 is 0 Å². The van der Waals surface area contributed by atoms with Gasteiger partial charge in [0.15, 0.2) is 9.84 Å². The maximum absolute atomic E-state index is 14.5. The molecule has 0 aliphatic carbocycles. The number of amides is 4. The molecule has 3 rings (SSSR count). The fourth-order valence-corrected chi connectivity index (χ4v) is 6.45. The molecule has 0 spiro atoms. The zero-order valence-corrected chi connectivity index (χ0v) is 36.8. The molecule has 0 fully saturated rings. The van der Waals surface area contributed by atoms with Crippen molar-refractivity contribution in [3.63, 3.8) is 0 Å². The molecule has 2 aromatic carbocycles. The fourth-order valence-electron chi connectivity index (χ4n) is 5.97. The lowest BCUT2D eigenvalue weighted by molar-refractivity contribution is -0.156. The van der Waals surface area contributed by atoms with Gasteiger partial charge in [-0.15, -0.1) is 0 Å². The van der Waals surface area contributed by atoms with E-state index in [-0.39, 0.29) is 19.4 Å². The summed E-state index contributed by atoms with van der Waals surface area (Å²) < 4.78 is 41.9. The molecule has 16 nitrogen and oxygen atoms in total. The normalized spacial score (nSPS) is 14.1. The van der Waals surface area contributed by atoms with Crippen LogP contribution in [0.15, 0.2) is 72.3 Å². The van der Waals surface area contributed by atoms with Gasteiger partial charge < -0.3 is 40.0 Å². The van der Waals surface area contributed by atoms with Gasteiger partial charge in [0.2, 0.25) is 17.7 Å². The van der Waals surface area contributed by atoms with Crippen molar-refractivity contribution in [1.29, 1.82) is 0 Å². The van der Waals surface area contributed by atoms with Crippen molar-refractivity contribution in [2.24, 2.45) is 13.0 Å². The first-order valence-corrected chi connectivity index (χ1v) is 21.5. The lowest BCUT2D eigenvalue weighted by Crippen LogP contribution is -2.55. The van der Waals surface area contributed by atoms with Gasteiger partial charge in [-0.1, -0.05) is 68.5 Å². The molecule has 0 bridgehead atoms. The van der Waals surface area contributed by atoms with E-state index in [4.69, 9.17) is 14.2 Å². The lowest BCUT2D eigenvalue weighted by Gasteiger charge is -2.28. The Morgan fingerprint density at radius 3 is 1.97 bits per heavy atom. The van der Waals surface area contributed by atoms with E-state index in [0.29, 0.717) is 16.5 Å². The highest BCUT2D eigenvalue weighted by Gasteiger charge is 2.35. The molecular formula is C43H59N5O11S. The fraction of sp³-hybridized carbons (Fsp3) is 0.488. The number of carbonyl (C=O) groups is 6. The first-order chi connectivity index (χ1) is 27.8. The molecule has 4 N–H and O–H groups in total. The van der Waals surface area contributed by atoms with Crippen molar-refractivity contribution < 1.29 is 51.4 Å². The first kappa shape index (κ1) is 48.7. The van der Waals surface area contributed by atoms with Crippen molar-refractivity contribution in [3.8, 4) is 0 Å². The molecule has 1 heterocycles. The van der Waals surface area contributed by atoms with E-state index in [1.165, 1.54) is 0 Å². The number of benzene rings is 2. The number of rotatable bonds is 18. The van der Waals surface area contributed by atoms with E-state index in [1.807, 2.05) is 18.2 Å². The third kappa shape index (κ3) is 16.5. The molecule has 17 heteroatoms. The number of alkyl carbamates (subject to hydrolysis) is 1. The van der Waals surface area contributed by atoms with E-state index in [1.54, 1.807) is 110 Å². The number of aromatic nitrogens is 1. The van der Waals surface area contributed by atoms with Crippen LogP contribution in [0.1, 0.15) is 91.8 Å². The predicted octanol–water partition coefficient (Wildman–Crippen LogP) is 4.67. The molecule has 328 valence electrons. The molecule has 3 aromatic rings. The molecule has 0 radical (unpaired) electrons. The Labute approximate surface area is 352 Å². The highest BCUT2D eigenvalue weighted by molar-refractivity contribution is 7.93. The summed E-state index contributed by atoms with van der Waals surface area (Å²) in [5, 5.41) is 12.1. The predicted molar refractivity (Wildman–Crippen MR) is 226 cm³/mol. The second kappa shape index (κ2) is 21.0. The van der Waals surface area contributed by atoms with Gasteiger partial charge in [0.05, 0.1) is 12.5 Å². The average molecular weight is 854 g/mol. The zero-order chi connectivity index (χ0) is 45.0. The van der Waals surface area contributed by atoms with Crippen LogP contribution in [0.3, 0.4) is 0 Å². The second-order valence-electron chi connectivity index (χ2n) is 16.8. The first-order valence-electron chi connectivity index (χ1n) is 19.6. The highest BCUT2D eigenvalue weighted by Crippen LogP contribution is 2.27. The molecule has 0 saturated carbocycles. The van der Waals surface area contributed by atoms with E-state index in [9.17, 15) is 37.2 Å². The summed E-state index contributed by atoms with van der Waals surface area (Å²) in [4.78, 5) is 81.2. The lowest BCUT2D eigenvalue weighted by atomic mass is 9.99. The number of aryl methyl sites for hydroxylation is 1. The topological polar surface area (TPSA) is 217 Å². The average Bonchev–Trinajstić information content (AvgIpc) is 3.46. The largest absolute Gasteiger partial charge is 0.460 e. The monoisotopic (exact) mass is 853 g/mol. The van der Waals surface area contributed by atoms with Gasteiger partial charge in [-0.2, -0.15) is 0 Å². The van der Waals surface area contributed by atoms with Crippen LogP contribution in [-0.4, -0.2) is 84.3 Å². The Morgan fingerprint density at radius 1 is 0.767 bits per heavy atom. The van der Waals surface area contributed by atoms with Gasteiger partial charge in [0.25, 0.3) is 0 Å². The standard InChI is InChI=1S/C43H59N5O11S/c1-27(2)36(39(52)44-29(22-23-60(10,55)56)24-35(50)59-43(6,7)8)46-40(53)37(31-25-48(9)33-19-15-14-18-30(31)33)47-38(51)32(20-21-34(49)58-42(3,4)5)45-41(54)57-26-28-16-12-11-13-17-28/h11-19,22-23,25,27,29,32,36-37H,20-21,24,26H2,1-10H3,(H,44,52)(H,45,54)(H,46,53)(H,47,51)/b23-22+/t29-,32+,36?,37+/m1/s1. The number of carbonyl (C=O) groups excluding carboxylic acids is 6. The number of nitrogens with zero attached hydrogens (tertiary/aromatic N) is 1. The summed E-state index contributed by atoms with van der Waals surface area (Å²) in [6.45, 7) is 13.3. The smallest absolute Gasteiger partial charge is 0.408 e. The van der Waals surface area contributed by atoms with Crippen LogP contribution in [0.2, 0.25) is 0 Å². The Kier molecular flexibility index (Phi) is 17.0. The molecule has 1 aromatic heterocycles. The molecule has 0 saturated heterocycles. The van der Waals surface area contributed by atoms with Crippen molar-refractivity contribution in [1.82, 2.24) is 25.8 Å². The number of nitrogens with one attached hydrogen (secondary N) is 4. The second-order valence-corrected chi connectivity index (χ2v) is 18.8. The highest BCUT2D eigenvalue weighted by atomic mass is 32.2. The Bertz CT molecular complexity index is 2130. The van der Waals surface area contributed by atoms with Gasteiger partial charge in [-0.25, -0.2) is 13.2 Å². The van der Waals surface area contributed by atoms with Gasteiger partial charge in [0, 0.05) is 47.8 Å². The van der Waals surface area contributed by atoms with E-state index < -0.39 is 93.3 Å². The van der Waals surface area contributed by atoms with Gasteiger partial charge in [0.1, 0.15) is 35.9 Å². The summed E-state index contributed by atoms with van der Waals surface area (Å²) >= 11 is 0. The SMILES string of the molecule is CC(C)C(NC(=O)[C@@H](NC(=O)[C@H](CCC(=O)OC(C)(C)C)NC(=O)OCc1ccccc1)c1cn(C)c2ccccc12)C(=O)N[C@H](/C=C/S(C)(=O)=O)CC(=O)OC(C)(C)C. The quantitative estimate of drug-likeness (QED) is 0.102. The summed E-state index contributed by atoms with van der Waals surface area (Å²) in [7, 11) is -1.90. The number of sulfone groups is 1. The van der Waals surface area contributed by atoms with Gasteiger partial charge in [-0.05, 0) is 65.5 Å². The minimum Gasteiger partial charge on any atom is -0.460 e. The number of esters is 2. The van der Waals surface area contributed by atoms with Crippen LogP contribution in [0.25, 0.3) is 10.9 Å². The van der Waals surface area contributed by atoms with Crippen LogP contribution in [0.4, 0.5) is 4.79 Å². The number of hydrogen-bond acceptors (Lipinski definition) is 11. The van der Waals surface area contributed by atoms with E-state index in [0.717, 1.165) is 23.3 Å². The number of para-hydroxylation sites is 1. The summed E-state index contributed by atoms with van der Waals surface area (Å²) in [5.74, 6) is -4.26. The minimum atomic E-state index is -3.65. The third-order valence-corrected chi connectivity index (χ3v) is 9.26. The molecular weight excluding hydrogens is 795 g/mol. The molecule has 0 aliphatic heterocycles. The van der Waals surface area contributed by atoms with Crippen LogP contribution in [0.5, 0.6) is 0 Å².